The van der Waals surface area contributed by atoms with Crippen LogP contribution < -0.4 is 5.73 Å². The molecule has 0 saturated heterocycles. The van der Waals surface area contributed by atoms with Crippen LogP contribution >= 0.6 is 11.8 Å². The SMILES string of the molecule is CCOC(=O)C(N)(CSc1ccccc1F)C1CC1. The van der Waals surface area contributed by atoms with E-state index in [2.05, 4.69) is 0 Å². The maximum absolute atomic E-state index is 13.6. The fourth-order valence-electron chi connectivity index (χ4n) is 1.97. The van der Waals surface area contributed by atoms with Crippen molar-refractivity contribution in [3.8, 4) is 0 Å². The van der Waals surface area contributed by atoms with Crippen LogP contribution in [0.3, 0.4) is 0 Å². The summed E-state index contributed by atoms with van der Waals surface area (Å²) in [5, 5.41) is 0. The molecule has 3 nitrogen and oxygen atoms in total. The number of hydrogen-bond donors (Lipinski definition) is 1. The molecule has 0 bridgehead atoms. The van der Waals surface area contributed by atoms with E-state index in [1.165, 1.54) is 17.8 Å². The van der Waals surface area contributed by atoms with Crippen LogP contribution in [0.5, 0.6) is 0 Å². The Bertz CT molecular complexity index is 465. The van der Waals surface area contributed by atoms with Gasteiger partial charge in [-0.05, 0) is 37.8 Å². The fraction of sp³-hybridized carbons (Fsp3) is 0.500. The van der Waals surface area contributed by atoms with Gasteiger partial charge in [-0.15, -0.1) is 11.8 Å². The van der Waals surface area contributed by atoms with E-state index in [0.717, 1.165) is 12.8 Å². The largest absolute Gasteiger partial charge is 0.465 e. The van der Waals surface area contributed by atoms with E-state index in [1.54, 1.807) is 25.1 Å². The molecule has 0 aliphatic heterocycles. The summed E-state index contributed by atoms with van der Waals surface area (Å²) in [5.74, 6) is -0.154. The van der Waals surface area contributed by atoms with Gasteiger partial charge in [-0.2, -0.15) is 0 Å². The summed E-state index contributed by atoms with van der Waals surface area (Å²) in [6, 6.07) is 6.51. The van der Waals surface area contributed by atoms with Crippen LogP contribution in [0.25, 0.3) is 0 Å². The molecule has 0 spiro atoms. The van der Waals surface area contributed by atoms with Gasteiger partial charge in [-0.1, -0.05) is 12.1 Å². The van der Waals surface area contributed by atoms with Gasteiger partial charge in [0, 0.05) is 10.6 Å². The van der Waals surface area contributed by atoms with E-state index >= 15 is 0 Å². The Morgan fingerprint density at radius 3 is 2.79 bits per heavy atom. The molecule has 1 aliphatic rings. The second-order valence-electron chi connectivity index (χ2n) is 4.75. The van der Waals surface area contributed by atoms with Crippen LogP contribution in [0.15, 0.2) is 29.2 Å². The summed E-state index contributed by atoms with van der Waals surface area (Å²) >= 11 is 1.28. The first-order valence-corrected chi connectivity index (χ1v) is 7.40. The minimum atomic E-state index is -0.997. The molecular weight excluding hydrogens is 265 g/mol. The van der Waals surface area contributed by atoms with Crippen molar-refractivity contribution in [3.05, 3.63) is 30.1 Å². The van der Waals surface area contributed by atoms with Crippen molar-refractivity contribution in [2.75, 3.05) is 12.4 Å². The first-order valence-electron chi connectivity index (χ1n) is 6.41. The number of halogens is 1. The van der Waals surface area contributed by atoms with Gasteiger partial charge in [-0.3, -0.25) is 4.79 Å². The van der Waals surface area contributed by atoms with E-state index in [4.69, 9.17) is 10.5 Å². The lowest BCUT2D eigenvalue weighted by Gasteiger charge is -2.26. The lowest BCUT2D eigenvalue weighted by atomic mass is 9.97. The normalized spacial score (nSPS) is 17.8. The highest BCUT2D eigenvalue weighted by Gasteiger charge is 2.49. The second-order valence-corrected chi connectivity index (χ2v) is 5.77. The molecule has 104 valence electrons. The van der Waals surface area contributed by atoms with Crippen LogP contribution in [-0.4, -0.2) is 23.9 Å². The standard InChI is InChI=1S/C14H18FNO2S/c1-2-18-13(17)14(16,10-7-8-10)9-19-12-6-4-3-5-11(12)15/h3-6,10H,2,7-9,16H2,1H3. The molecule has 0 amide bonds. The molecular formula is C14H18FNO2S. The van der Waals surface area contributed by atoms with Gasteiger partial charge in [-0.25, -0.2) is 4.39 Å². The van der Waals surface area contributed by atoms with Crippen molar-refractivity contribution in [2.24, 2.45) is 11.7 Å². The van der Waals surface area contributed by atoms with Crippen molar-refractivity contribution in [1.29, 1.82) is 0 Å². The molecule has 1 aromatic carbocycles. The summed E-state index contributed by atoms with van der Waals surface area (Å²) in [4.78, 5) is 12.5. The van der Waals surface area contributed by atoms with Gasteiger partial charge in [0.2, 0.25) is 0 Å². The number of carbonyl (C=O) groups is 1. The third kappa shape index (κ3) is 3.28. The maximum Gasteiger partial charge on any atom is 0.327 e. The minimum absolute atomic E-state index is 0.158. The number of hydrogen-bond acceptors (Lipinski definition) is 4. The number of nitrogens with two attached hydrogens (primary N) is 1. The van der Waals surface area contributed by atoms with Gasteiger partial charge in [0.1, 0.15) is 11.4 Å². The summed E-state index contributed by atoms with van der Waals surface area (Å²) < 4.78 is 18.6. The summed E-state index contributed by atoms with van der Waals surface area (Å²) in [6.07, 6.45) is 1.88. The van der Waals surface area contributed by atoms with Crippen LogP contribution in [0.2, 0.25) is 0 Å². The van der Waals surface area contributed by atoms with Crippen molar-refractivity contribution in [3.63, 3.8) is 0 Å². The molecule has 1 fully saturated rings. The van der Waals surface area contributed by atoms with Gasteiger partial charge in [0.25, 0.3) is 0 Å². The molecule has 1 aliphatic carbocycles. The van der Waals surface area contributed by atoms with Gasteiger partial charge < -0.3 is 10.5 Å². The van der Waals surface area contributed by atoms with Gasteiger partial charge >= 0.3 is 5.97 Å². The van der Waals surface area contributed by atoms with E-state index in [1.807, 2.05) is 0 Å². The van der Waals surface area contributed by atoms with Crippen molar-refractivity contribution < 1.29 is 13.9 Å². The minimum Gasteiger partial charge on any atom is -0.465 e. The van der Waals surface area contributed by atoms with Crippen LogP contribution in [-0.2, 0) is 9.53 Å². The second kappa shape index (κ2) is 5.92. The average Bonchev–Trinajstić information content (AvgIpc) is 3.22. The molecule has 1 atom stereocenters. The fourth-order valence-corrected chi connectivity index (χ4v) is 3.09. The third-order valence-electron chi connectivity index (χ3n) is 3.26. The first-order chi connectivity index (χ1) is 9.08. The topological polar surface area (TPSA) is 52.3 Å². The van der Waals surface area contributed by atoms with Crippen molar-refractivity contribution in [2.45, 2.75) is 30.2 Å². The molecule has 1 aromatic rings. The van der Waals surface area contributed by atoms with Gasteiger partial charge in [0.05, 0.1) is 6.61 Å². The summed E-state index contributed by atoms with van der Waals surface area (Å²) in [7, 11) is 0. The van der Waals surface area contributed by atoms with Crippen LogP contribution in [0.1, 0.15) is 19.8 Å². The zero-order chi connectivity index (χ0) is 13.9. The number of carbonyl (C=O) groups excluding carboxylic acids is 1. The molecule has 1 unspecified atom stereocenters. The highest BCUT2D eigenvalue weighted by Crippen LogP contribution is 2.41. The molecule has 0 heterocycles. The first kappa shape index (κ1) is 14.3. The molecule has 19 heavy (non-hydrogen) atoms. The van der Waals surface area contributed by atoms with E-state index in [9.17, 15) is 9.18 Å². The van der Waals surface area contributed by atoms with E-state index < -0.39 is 5.54 Å². The smallest absolute Gasteiger partial charge is 0.327 e. The van der Waals surface area contributed by atoms with Crippen molar-refractivity contribution in [1.82, 2.24) is 0 Å². The zero-order valence-electron chi connectivity index (χ0n) is 10.9. The molecule has 1 saturated carbocycles. The highest BCUT2D eigenvalue weighted by atomic mass is 32.2. The number of rotatable bonds is 6. The van der Waals surface area contributed by atoms with Crippen LogP contribution in [0, 0.1) is 11.7 Å². The third-order valence-corrected chi connectivity index (χ3v) is 4.53. The van der Waals surface area contributed by atoms with E-state index in [-0.39, 0.29) is 17.7 Å². The quantitative estimate of drug-likeness (QED) is 0.644. The molecule has 5 heteroatoms. The number of esters is 1. The van der Waals surface area contributed by atoms with Crippen molar-refractivity contribution >= 4 is 17.7 Å². The Hall–Kier alpha value is -1.07. The number of benzene rings is 1. The Morgan fingerprint density at radius 1 is 1.53 bits per heavy atom. The monoisotopic (exact) mass is 283 g/mol. The molecule has 0 aromatic heterocycles. The van der Waals surface area contributed by atoms with E-state index in [0.29, 0.717) is 17.3 Å². The molecule has 2 N–H and O–H groups in total. The number of ether oxygens (including phenoxy) is 1. The Labute approximate surface area is 116 Å². The molecule has 2 rings (SSSR count). The molecule has 0 radical (unpaired) electrons. The predicted molar refractivity (Wildman–Crippen MR) is 73.4 cm³/mol. The average molecular weight is 283 g/mol. The highest BCUT2D eigenvalue weighted by molar-refractivity contribution is 7.99. The summed E-state index contributed by atoms with van der Waals surface area (Å²) in [5.41, 5.74) is 5.22. The van der Waals surface area contributed by atoms with Crippen LogP contribution in [0.4, 0.5) is 4.39 Å². The van der Waals surface area contributed by atoms with Gasteiger partial charge in [0.15, 0.2) is 0 Å². The lowest BCUT2D eigenvalue weighted by Crippen LogP contribution is -2.53. The maximum atomic E-state index is 13.6. The lowest BCUT2D eigenvalue weighted by molar-refractivity contribution is -0.149. The summed E-state index contributed by atoms with van der Waals surface area (Å²) in [6.45, 7) is 2.07. The Kier molecular flexibility index (Phi) is 4.47. The predicted octanol–water partition coefficient (Wildman–Crippen LogP) is 2.59. The Balaban J connectivity index is 2.05. The number of thioether (sulfide) groups is 1. The zero-order valence-corrected chi connectivity index (χ0v) is 11.7. The Morgan fingerprint density at radius 2 is 2.21 bits per heavy atom.